The maximum Gasteiger partial charge on any atom is 0.253 e. The van der Waals surface area contributed by atoms with Gasteiger partial charge in [0, 0.05) is 30.6 Å². The minimum absolute atomic E-state index is 0.0167. The Hall–Kier alpha value is -2.24. The maximum atomic E-state index is 12.4. The van der Waals surface area contributed by atoms with E-state index in [-0.39, 0.29) is 17.9 Å². The number of nitrogens with one attached hydrogen (secondary N) is 1. The number of halogens is 2. The van der Waals surface area contributed by atoms with Crippen LogP contribution >= 0.6 is 23.2 Å². The Morgan fingerprint density at radius 2 is 1.79 bits per heavy atom. The van der Waals surface area contributed by atoms with Crippen molar-refractivity contribution < 1.29 is 14.3 Å². The molecule has 0 atom stereocenters. The van der Waals surface area contributed by atoms with E-state index in [1.807, 2.05) is 35.2 Å². The monoisotopic (exact) mass is 434 g/mol. The minimum Gasteiger partial charge on any atom is -0.494 e. The van der Waals surface area contributed by atoms with Crippen LogP contribution in [0.15, 0.2) is 48.5 Å². The Morgan fingerprint density at radius 1 is 1.07 bits per heavy atom. The molecule has 0 spiro atoms. The standard InChI is InChI=1S/C22H24Cl2N2O3/c23-16-8-9-20(24)19(15-16)22(28)25-17-10-12-26(13-11-17)21(27)7-4-14-29-18-5-2-1-3-6-18/h1-3,5-6,8-9,15,17H,4,7,10-14H2,(H,25,28). The van der Waals surface area contributed by atoms with Gasteiger partial charge in [-0.3, -0.25) is 9.59 Å². The van der Waals surface area contributed by atoms with Crippen molar-refractivity contribution in [3.63, 3.8) is 0 Å². The molecule has 7 heteroatoms. The Bertz CT molecular complexity index is 837. The molecule has 0 bridgehead atoms. The first-order chi connectivity index (χ1) is 14.0. The van der Waals surface area contributed by atoms with Crippen LogP contribution < -0.4 is 10.1 Å². The number of hydrogen-bond donors (Lipinski definition) is 1. The smallest absolute Gasteiger partial charge is 0.253 e. The molecule has 0 radical (unpaired) electrons. The van der Waals surface area contributed by atoms with Crippen molar-refractivity contribution in [2.24, 2.45) is 0 Å². The van der Waals surface area contributed by atoms with E-state index >= 15 is 0 Å². The number of carbonyl (C=O) groups is 2. The fourth-order valence-electron chi connectivity index (χ4n) is 3.30. The number of carbonyl (C=O) groups excluding carboxylic acids is 2. The molecule has 1 heterocycles. The molecule has 2 aromatic carbocycles. The van der Waals surface area contributed by atoms with Gasteiger partial charge in [-0.05, 0) is 49.6 Å². The van der Waals surface area contributed by atoms with Crippen molar-refractivity contribution in [2.45, 2.75) is 31.7 Å². The topological polar surface area (TPSA) is 58.6 Å². The summed E-state index contributed by atoms with van der Waals surface area (Å²) in [6, 6.07) is 14.4. The Labute approximate surface area is 180 Å². The quantitative estimate of drug-likeness (QED) is 0.648. The van der Waals surface area contributed by atoms with Crippen molar-refractivity contribution in [3.05, 3.63) is 64.1 Å². The fraction of sp³-hybridized carbons (Fsp3) is 0.364. The third-order valence-corrected chi connectivity index (χ3v) is 5.47. The average molecular weight is 435 g/mol. The van der Waals surface area contributed by atoms with E-state index in [9.17, 15) is 9.59 Å². The highest BCUT2D eigenvalue weighted by Gasteiger charge is 2.24. The summed E-state index contributed by atoms with van der Waals surface area (Å²) in [5.41, 5.74) is 0.371. The van der Waals surface area contributed by atoms with E-state index in [1.165, 1.54) is 0 Å². The summed E-state index contributed by atoms with van der Waals surface area (Å²) in [7, 11) is 0. The number of para-hydroxylation sites is 1. The van der Waals surface area contributed by atoms with Crippen molar-refractivity contribution >= 4 is 35.0 Å². The number of hydrogen-bond acceptors (Lipinski definition) is 3. The second-order valence-electron chi connectivity index (χ2n) is 7.02. The van der Waals surface area contributed by atoms with Gasteiger partial charge in [0.05, 0.1) is 17.2 Å². The minimum atomic E-state index is -0.236. The van der Waals surface area contributed by atoms with Gasteiger partial charge in [-0.1, -0.05) is 41.4 Å². The van der Waals surface area contributed by atoms with E-state index in [0.29, 0.717) is 48.1 Å². The number of rotatable bonds is 7. The van der Waals surface area contributed by atoms with Crippen LogP contribution in [0.1, 0.15) is 36.0 Å². The second kappa shape index (κ2) is 10.5. The zero-order chi connectivity index (χ0) is 20.6. The van der Waals surface area contributed by atoms with Crippen LogP contribution in [0.3, 0.4) is 0 Å². The molecule has 2 aromatic rings. The Morgan fingerprint density at radius 3 is 2.52 bits per heavy atom. The zero-order valence-corrected chi connectivity index (χ0v) is 17.6. The number of piperidine rings is 1. The van der Waals surface area contributed by atoms with Crippen molar-refractivity contribution in [3.8, 4) is 5.75 Å². The number of nitrogens with zero attached hydrogens (tertiary/aromatic N) is 1. The van der Waals surface area contributed by atoms with Crippen LogP contribution in [0.25, 0.3) is 0 Å². The van der Waals surface area contributed by atoms with Gasteiger partial charge in [0.2, 0.25) is 5.91 Å². The van der Waals surface area contributed by atoms with Crippen LogP contribution in [0, 0.1) is 0 Å². The Kier molecular flexibility index (Phi) is 7.78. The predicted octanol–water partition coefficient (Wildman–Crippen LogP) is 4.57. The lowest BCUT2D eigenvalue weighted by molar-refractivity contribution is -0.132. The summed E-state index contributed by atoms with van der Waals surface area (Å²) in [5.74, 6) is 0.709. The fourth-order valence-corrected chi connectivity index (χ4v) is 3.67. The van der Waals surface area contributed by atoms with Gasteiger partial charge in [0.15, 0.2) is 0 Å². The molecule has 0 aliphatic carbocycles. The Balaban J connectivity index is 1.37. The van der Waals surface area contributed by atoms with Crippen LogP contribution in [-0.4, -0.2) is 42.5 Å². The first kappa shape index (κ1) is 21.5. The predicted molar refractivity (Wildman–Crippen MR) is 115 cm³/mol. The lowest BCUT2D eigenvalue weighted by atomic mass is 10.0. The zero-order valence-electron chi connectivity index (χ0n) is 16.1. The van der Waals surface area contributed by atoms with E-state index < -0.39 is 0 Å². The molecule has 0 aromatic heterocycles. The SMILES string of the molecule is O=C(NC1CCN(C(=O)CCCOc2ccccc2)CC1)c1cc(Cl)ccc1Cl. The summed E-state index contributed by atoms with van der Waals surface area (Å²) in [4.78, 5) is 26.7. The highest BCUT2D eigenvalue weighted by atomic mass is 35.5. The molecule has 0 saturated carbocycles. The molecule has 1 N–H and O–H groups in total. The highest BCUT2D eigenvalue weighted by molar-refractivity contribution is 6.35. The molecular weight excluding hydrogens is 411 g/mol. The summed E-state index contributed by atoms with van der Waals surface area (Å²) in [6.45, 7) is 1.78. The average Bonchev–Trinajstić information content (AvgIpc) is 2.74. The lowest BCUT2D eigenvalue weighted by Crippen LogP contribution is -2.46. The van der Waals surface area contributed by atoms with Crippen molar-refractivity contribution in [1.82, 2.24) is 10.2 Å². The largest absolute Gasteiger partial charge is 0.494 e. The first-order valence-corrected chi connectivity index (χ1v) is 10.5. The van der Waals surface area contributed by atoms with E-state index in [1.54, 1.807) is 18.2 Å². The normalized spacial score (nSPS) is 14.5. The summed E-state index contributed by atoms with van der Waals surface area (Å²) >= 11 is 12.0. The van der Waals surface area contributed by atoms with Gasteiger partial charge in [0.25, 0.3) is 5.91 Å². The summed E-state index contributed by atoms with van der Waals surface area (Å²) in [5, 5.41) is 3.83. The third-order valence-electron chi connectivity index (χ3n) is 4.90. The number of benzene rings is 2. The molecule has 29 heavy (non-hydrogen) atoms. The second-order valence-corrected chi connectivity index (χ2v) is 7.86. The van der Waals surface area contributed by atoms with Gasteiger partial charge in [0.1, 0.15) is 5.75 Å². The molecule has 154 valence electrons. The van der Waals surface area contributed by atoms with Crippen LogP contribution in [-0.2, 0) is 4.79 Å². The maximum absolute atomic E-state index is 12.4. The molecule has 1 fully saturated rings. The van der Waals surface area contributed by atoms with Gasteiger partial charge in [-0.25, -0.2) is 0 Å². The molecule has 3 rings (SSSR count). The first-order valence-electron chi connectivity index (χ1n) is 9.74. The number of amides is 2. The molecular formula is C22H24Cl2N2O3. The molecule has 1 aliphatic rings. The molecule has 0 unspecified atom stereocenters. The van der Waals surface area contributed by atoms with Gasteiger partial charge in [-0.2, -0.15) is 0 Å². The third kappa shape index (κ3) is 6.38. The molecule has 2 amide bonds. The van der Waals surface area contributed by atoms with Gasteiger partial charge < -0.3 is 15.0 Å². The van der Waals surface area contributed by atoms with Crippen molar-refractivity contribution in [1.29, 1.82) is 0 Å². The molecule has 1 saturated heterocycles. The van der Waals surface area contributed by atoms with Crippen LogP contribution in [0.5, 0.6) is 5.75 Å². The molecule has 5 nitrogen and oxygen atoms in total. The van der Waals surface area contributed by atoms with Gasteiger partial charge >= 0.3 is 0 Å². The van der Waals surface area contributed by atoms with E-state index in [0.717, 1.165) is 18.6 Å². The lowest BCUT2D eigenvalue weighted by Gasteiger charge is -2.32. The highest BCUT2D eigenvalue weighted by Crippen LogP contribution is 2.21. The van der Waals surface area contributed by atoms with Crippen molar-refractivity contribution in [2.75, 3.05) is 19.7 Å². The van der Waals surface area contributed by atoms with E-state index in [4.69, 9.17) is 27.9 Å². The van der Waals surface area contributed by atoms with Crippen LogP contribution in [0.2, 0.25) is 10.0 Å². The summed E-state index contributed by atoms with van der Waals surface area (Å²) in [6.07, 6.45) is 2.58. The number of ether oxygens (including phenoxy) is 1. The molecule has 1 aliphatic heterocycles. The number of likely N-dealkylation sites (tertiary alicyclic amines) is 1. The summed E-state index contributed by atoms with van der Waals surface area (Å²) < 4.78 is 5.63. The van der Waals surface area contributed by atoms with Crippen LogP contribution in [0.4, 0.5) is 0 Å². The van der Waals surface area contributed by atoms with Gasteiger partial charge in [-0.15, -0.1) is 0 Å². The van der Waals surface area contributed by atoms with E-state index in [2.05, 4.69) is 5.32 Å².